The number of ether oxygens (including phenoxy) is 1. The van der Waals surface area contributed by atoms with Gasteiger partial charge in [-0.05, 0) is 37.3 Å². The molecule has 0 spiro atoms. The van der Waals surface area contributed by atoms with Crippen molar-refractivity contribution in [3.05, 3.63) is 58.1 Å². The Kier molecular flexibility index (Phi) is 3.90. The molecule has 2 heterocycles. The van der Waals surface area contributed by atoms with Crippen molar-refractivity contribution in [1.29, 1.82) is 0 Å². The van der Waals surface area contributed by atoms with E-state index in [2.05, 4.69) is 4.98 Å². The lowest BCUT2D eigenvalue weighted by Gasteiger charge is -2.05. The molecule has 0 saturated carbocycles. The summed E-state index contributed by atoms with van der Waals surface area (Å²) in [5.74, 6) is 2.26. The second kappa shape index (κ2) is 5.84. The van der Waals surface area contributed by atoms with Gasteiger partial charge in [-0.15, -0.1) is 0 Å². The van der Waals surface area contributed by atoms with Gasteiger partial charge in [-0.2, -0.15) is 0 Å². The maximum Gasteiger partial charge on any atom is 0.263 e. The van der Waals surface area contributed by atoms with Crippen LogP contribution >= 0.6 is 23.2 Å². The molecule has 0 unspecified atom stereocenters. The number of furan rings is 1. The Morgan fingerprint density at radius 3 is 2.62 bits per heavy atom. The third-order valence-electron chi connectivity index (χ3n) is 2.84. The first kappa shape index (κ1) is 14.0. The van der Waals surface area contributed by atoms with Crippen LogP contribution in [0.25, 0.3) is 11.7 Å². The monoisotopic (exact) mass is 323 g/mol. The molecule has 2 aromatic heterocycles. The highest BCUT2D eigenvalue weighted by Gasteiger charge is 2.14. The van der Waals surface area contributed by atoms with Gasteiger partial charge in [0.25, 0.3) is 5.89 Å². The van der Waals surface area contributed by atoms with E-state index in [1.54, 1.807) is 36.6 Å². The van der Waals surface area contributed by atoms with Gasteiger partial charge in [0, 0.05) is 10.0 Å². The van der Waals surface area contributed by atoms with Gasteiger partial charge in [-0.1, -0.05) is 23.2 Å². The van der Waals surface area contributed by atoms with E-state index in [0.717, 1.165) is 0 Å². The van der Waals surface area contributed by atoms with Crippen molar-refractivity contribution in [2.75, 3.05) is 0 Å². The Balaban J connectivity index is 1.76. The summed E-state index contributed by atoms with van der Waals surface area (Å²) >= 11 is 11.8. The number of aromatic nitrogens is 1. The van der Waals surface area contributed by atoms with Crippen LogP contribution < -0.4 is 4.74 Å². The Hall–Kier alpha value is -1.91. The molecule has 21 heavy (non-hydrogen) atoms. The fourth-order valence-electron chi connectivity index (χ4n) is 1.83. The Morgan fingerprint density at radius 1 is 1.19 bits per heavy atom. The van der Waals surface area contributed by atoms with Crippen LogP contribution in [0.15, 0.2) is 45.4 Å². The van der Waals surface area contributed by atoms with Crippen molar-refractivity contribution in [2.45, 2.75) is 13.5 Å². The van der Waals surface area contributed by atoms with Crippen LogP contribution in [0.3, 0.4) is 0 Å². The van der Waals surface area contributed by atoms with Gasteiger partial charge in [0.2, 0.25) is 0 Å². The lowest BCUT2D eigenvalue weighted by Crippen LogP contribution is -1.97. The van der Waals surface area contributed by atoms with Gasteiger partial charge in [0.05, 0.1) is 6.26 Å². The summed E-state index contributed by atoms with van der Waals surface area (Å²) in [7, 11) is 0. The smallest absolute Gasteiger partial charge is 0.263 e. The summed E-state index contributed by atoms with van der Waals surface area (Å²) in [5.41, 5.74) is 0.692. The van der Waals surface area contributed by atoms with Crippen molar-refractivity contribution in [3.63, 3.8) is 0 Å². The van der Waals surface area contributed by atoms with Crippen molar-refractivity contribution in [3.8, 4) is 17.4 Å². The number of hydrogen-bond acceptors (Lipinski definition) is 4. The molecule has 0 aliphatic heterocycles. The van der Waals surface area contributed by atoms with Gasteiger partial charge < -0.3 is 13.6 Å². The second-order valence-corrected chi connectivity index (χ2v) is 5.27. The van der Waals surface area contributed by atoms with Crippen molar-refractivity contribution >= 4 is 23.2 Å². The molecule has 0 radical (unpaired) electrons. The summed E-state index contributed by atoms with van der Waals surface area (Å²) in [6, 6.07) is 8.59. The highest BCUT2D eigenvalue weighted by Crippen LogP contribution is 2.26. The van der Waals surface area contributed by atoms with Crippen LogP contribution in [0.4, 0.5) is 0 Å². The number of halogens is 2. The van der Waals surface area contributed by atoms with Crippen molar-refractivity contribution in [1.82, 2.24) is 4.98 Å². The van der Waals surface area contributed by atoms with E-state index in [1.807, 2.05) is 6.92 Å². The van der Waals surface area contributed by atoms with E-state index >= 15 is 0 Å². The molecule has 3 rings (SSSR count). The van der Waals surface area contributed by atoms with Crippen LogP contribution in [0.2, 0.25) is 10.0 Å². The third kappa shape index (κ3) is 3.23. The van der Waals surface area contributed by atoms with Crippen LogP contribution in [-0.4, -0.2) is 4.98 Å². The Labute approximate surface area is 131 Å². The number of aryl methyl sites for hydroxylation is 1. The molecule has 0 saturated heterocycles. The fraction of sp³-hybridized carbons (Fsp3) is 0.133. The zero-order valence-corrected chi connectivity index (χ0v) is 12.6. The molecule has 1 aromatic carbocycles. The zero-order chi connectivity index (χ0) is 14.8. The highest BCUT2D eigenvalue weighted by atomic mass is 35.5. The molecular formula is C15H11Cl2NO3. The quantitative estimate of drug-likeness (QED) is 0.667. The minimum Gasteiger partial charge on any atom is -0.487 e. The molecule has 0 bridgehead atoms. The fourth-order valence-corrected chi connectivity index (χ4v) is 2.34. The van der Waals surface area contributed by atoms with Crippen molar-refractivity contribution < 1.29 is 13.6 Å². The number of nitrogens with zero attached hydrogens (tertiary/aromatic N) is 1. The van der Waals surface area contributed by atoms with E-state index in [9.17, 15) is 0 Å². The van der Waals surface area contributed by atoms with E-state index in [-0.39, 0.29) is 6.61 Å². The maximum absolute atomic E-state index is 5.92. The zero-order valence-electron chi connectivity index (χ0n) is 11.1. The second-order valence-electron chi connectivity index (χ2n) is 4.39. The van der Waals surface area contributed by atoms with E-state index in [1.165, 1.54) is 0 Å². The molecule has 0 N–H and O–H groups in total. The number of oxazole rings is 1. The molecule has 108 valence electrons. The van der Waals surface area contributed by atoms with Gasteiger partial charge >= 0.3 is 0 Å². The molecule has 0 atom stereocenters. The van der Waals surface area contributed by atoms with Gasteiger partial charge in [-0.25, -0.2) is 4.98 Å². The predicted molar refractivity (Wildman–Crippen MR) is 79.7 cm³/mol. The van der Waals surface area contributed by atoms with E-state index in [0.29, 0.717) is 38.9 Å². The third-order valence-corrected chi connectivity index (χ3v) is 3.27. The summed E-state index contributed by atoms with van der Waals surface area (Å²) in [6.45, 7) is 2.08. The average molecular weight is 324 g/mol. The standard InChI is InChI=1S/C15H11Cl2NO3/c1-9-13(18-15(21-9)14-3-2-4-19-14)8-20-12-6-10(16)5-11(17)7-12/h2-7H,8H2,1H3. The molecule has 0 amide bonds. The largest absolute Gasteiger partial charge is 0.487 e. The molecule has 4 nitrogen and oxygen atoms in total. The minimum atomic E-state index is 0.257. The van der Waals surface area contributed by atoms with Gasteiger partial charge in [0.15, 0.2) is 5.76 Å². The summed E-state index contributed by atoms with van der Waals surface area (Å²) in [5, 5.41) is 1.04. The Morgan fingerprint density at radius 2 is 1.95 bits per heavy atom. The SMILES string of the molecule is Cc1oc(-c2ccco2)nc1COc1cc(Cl)cc(Cl)c1. The predicted octanol–water partition coefficient (Wildman–Crippen LogP) is 5.13. The first-order valence-electron chi connectivity index (χ1n) is 6.21. The topological polar surface area (TPSA) is 48.4 Å². The Bertz CT molecular complexity index is 730. The molecule has 0 aliphatic carbocycles. The summed E-state index contributed by atoms with van der Waals surface area (Å²) in [6.07, 6.45) is 1.57. The molecule has 3 aromatic rings. The van der Waals surface area contributed by atoms with Crippen LogP contribution in [-0.2, 0) is 6.61 Å². The minimum absolute atomic E-state index is 0.257. The lowest BCUT2D eigenvalue weighted by molar-refractivity contribution is 0.299. The number of hydrogen-bond donors (Lipinski definition) is 0. The van der Waals surface area contributed by atoms with E-state index < -0.39 is 0 Å². The average Bonchev–Trinajstić information content (AvgIpc) is 3.04. The van der Waals surface area contributed by atoms with Crippen LogP contribution in [0.1, 0.15) is 11.5 Å². The first-order valence-corrected chi connectivity index (χ1v) is 6.96. The molecule has 0 fully saturated rings. The maximum atomic E-state index is 5.92. The molecule has 6 heteroatoms. The van der Waals surface area contributed by atoms with Gasteiger partial charge in [-0.3, -0.25) is 0 Å². The first-order chi connectivity index (χ1) is 10.1. The molecular weight excluding hydrogens is 313 g/mol. The number of rotatable bonds is 4. The summed E-state index contributed by atoms with van der Waals surface area (Å²) in [4.78, 5) is 4.36. The molecule has 0 aliphatic rings. The van der Waals surface area contributed by atoms with E-state index in [4.69, 9.17) is 36.8 Å². The highest BCUT2D eigenvalue weighted by molar-refractivity contribution is 6.34. The van der Waals surface area contributed by atoms with Gasteiger partial charge in [0.1, 0.15) is 23.8 Å². The van der Waals surface area contributed by atoms with Crippen LogP contribution in [0.5, 0.6) is 5.75 Å². The lowest BCUT2D eigenvalue weighted by atomic mass is 10.3. The summed E-state index contributed by atoms with van der Waals surface area (Å²) < 4.78 is 16.5. The number of benzene rings is 1. The normalized spacial score (nSPS) is 10.8. The van der Waals surface area contributed by atoms with Crippen molar-refractivity contribution in [2.24, 2.45) is 0 Å². The van der Waals surface area contributed by atoms with Crippen LogP contribution in [0, 0.1) is 6.92 Å².